The van der Waals surface area contributed by atoms with Crippen molar-refractivity contribution < 1.29 is 14.3 Å². The minimum atomic E-state index is -0.208. The highest BCUT2D eigenvalue weighted by molar-refractivity contribution is 5.74. The van der Waals surface area contributed by atoms with Crippen LogP contribution in [0.15, 0.2) is 36.5 Å². The first-order valence-electron chi connectivity index (χ1n) is 11.5. The van der Waals surface area contributed by atoms with Crippen LogP contribution in [0.25, 0.3) is 0 Å². The Kier molecular flexibility index (Phi) is 6.18. The molecule has 2 aromatic rings. The maximum absolute atomic E-state index is 12.3. The van der Waals surface area contributed by atoms with Crippen molar-refractivity contribution in [3.8, 4) is 0 Å². The van der Waals surface area contributed by atoms with Crippen molar-refractivity contribution in [3.63, 3.8) is 0 Å². The second kappa shape index (κ2) is 9.36. The molecule has 2 aliphatic heterocycles. The summed E-state index contributed by atoms with van der Waals surface area (Å²) in [6.07, 6.45) is 9.40. The van der Waals surface area contributed by atoms with Gasteiger partial charge in [0.05, 0.1) is 24.9 Å². The molecule has 8 heteroatoms. The number of nitrogens with one attached hydrogen (secondary N) is 2. The molecule has 1 saturated carbocycles. The van der Waals surface area contributed by atoms with Crippen LogP contribution in [-0.2, 0) is 22.4 Å². The van der Waals surface area contributed by atoms with E-state index in [0.29, 0.717) is 19.8 Å². The number of ether oxygens (including phenoxy) is 2. The van der Waals surface area contributed by atoms with Crippen LogP contribution in [0.2, 0.25) is 0 Å². The quantitative estimate of drug-likeness (QED) is 0.743. The Morgan fingerprint density at radius 1 is 1.06 bits per heavy atom. The molecule has 5 rings (SSSR count). The number of urea groups is 1. The van der Waals surface area contributed by atoms with E-state index in [1.807, 2.05) is 35.0 Å². The number of fused-ring (bicyclic) bond motifs is 1. The van der Waals surface area contributed by atoms with E-state index in [1.54, 1.807) is 0 Å². The molecule has 0 unspecified atom stereocenters. The van der Waals surface area contributed by atoms with Crippen LogP contribution >= 0.6 is 0 Å². The van der Waals surface area contributed by atoms with Crippen LogP contribution < -0.4 is 10.6 Å². The van der Waals surface area contributed by atoms with Gasteiger partial charge in [-0.3, -0.25) is 0 Å². The number of benzene rings is 1. The fourth-order valence-electron chi connectivity index (χ4n) is 5.08. The Hall–Kier alpha value is -2.45. The van der Waals surface area contributed by atoms with Crippen LogP contribution in [0.4, 0.5) is 4.79 Å². The number of hydrogen-bond acceptors (Lipinski definition) is 5. The van der Waals surface area contributed by atoms with Crippen LogP contribution in [0.1, 0.15) is 49.4 Å². The number of hydrogen-bond donors (Lipinski definition) is 2. The average Bonchev–Trinajstić information content (AvgIpc) is 3.52. The molecular formula is C23H31N5O3. The standard InChI is InChI=1S/C23H31N5O3/c29-23(24-12-17-9-5-2-6-10-17)25-19-14-30-22-20(15-31-21(19)22)28-13-18(26-27-28)11-16-7-3-1-4-8-16/h2,5-6,9-10,13,16,19-22H,1,3-4,7-8,11-12,14-15H2,(H2,24,25,29)/t19-,20+,21-,22+/m1/s1. The Morgan fingerprint density at radius 3 is 2.71 bits per heavy atom. The minimum Gasteiger partial charge on any atom is -0.371 e. The molecule has 4 atom stereocenters. The normalized spacial score (nSPS) is 28.4. The molecule has 0 spiro atoms. The summed E-state index contributed by atoms with van der Waals surface area (Å²) in [7, 11) is 0. The number of rotatable bonds is 6. The predicted octanol–water partition coefficient (Wildman–Crippen LogP) is 2.61. The van der Waals surface area contributed by atoms with Gasteiger partial charge in [0.15, 0.2) is 0 Å². The molecule has 3 aliphatic rings. The summed E-state index contributed by atoms with van der Waals surface area (Å²) in [5.41, 5.74) is 2.12. The van der Waals surface area contributed by atoms with E-state index in [0.717, 1.165) is 23.6 Å². The Balaban J connectivity index is 1.13. The third kappa shape index (κ3) is 4.75. The molecule has 3 fully saturated rings. The number of nitrogens with zero attached hydrogens (tertiary/aromatic N) is 3. The predicted molar refractivity (Wildman–Crippen MR) is 114 cm³/mol. The fraction of sp³-hybridized carbons (Fsp3) is 0.609. The van der Waals surface area contributed by atoms with Crippen molar-refractivity contribution in [1.29, 1.82) is 0 Å². The minimum absolute atomic E-state index is 0.00298. The zero-order valence-electron chi connectivity index (χ0n) is 17.8. The SMILES string of the molecule is O=C(NCc1ccccc1)N[C@@H]1CO[C@@H]2[C@@H]1OC[C@@H]2n1cc(CC2CCCCC2)nn1. The van der Waals surface area contributed by atoms with Crippen molar-refractivity contribution in [2.45, 2.75) is 69.4 Å². The molecule has 1 aromatic carbocycles. The summed E-state index contributed by atoms with van der Waals surface area (Å²) >= 11 is 0. The van der Waals surface area contributed by atoms with Gasteiger partial charge < -0.3 is 20.1 Å². The van der Waals surface area contributed by atoms with E-state index in [4.69, 9.17) is 9.47 Å². The lowest BCUT2D eigenvalue weighted by Crippen LogP contribution is -2.48. The molecule has 0 bridgehead atoms. The zero-order valence-corrected chi connectivity index (χ0v) is 17.8. The molecule has 2 amide bonds. The summed E-state index contributed by atoms with van der Waals surface area (Å²) in [5, 5.41) is 14.7. The summed E-state index contributed by atoms with van der Waals surface area (Å²) in [5.74, 6) is 0.734. The smallest absolute Gasteiger partial charge is 0.315 e. The van der Waals surface area contributed by atoms with Gasteiger partial charge in [-0.1, -0.05) is 67.6 Å². The first-order chi connectivity index (χ1) is 15.3. The first kappa shape index (κ1) is 20.5. The highest BCUT2D eigenvalue weighted by Crippen LogP contribution is 2.34. The third-order valence-corrected chi connectivity index (χ3v) is 6.76. The van der Waals surface area contributed by atoms with Gasteiger partial charge >= 0.3 is 6.03 Å². The van der Waals surface area contributed by atoms with Crippen molar-refractivity contribution in [2.75, 3.05) is 13.2 Å². The van der Waals surface area contributed by atoms with Gasteiger partial charge in [0.25, 0.3) is 0 Å². The van der Waals surface area contributed by atoms with E-state index in [2.05, 4.69) is 27.1 Å². The van der Waals surface area contributed by atoms with E-state index in [-0.39, 0.29) is 30.3 Å². The molecule has 1 aromatic heterocycles. The maximum Gasteiger partial charge on any atom is 0.315 e. The summed E-state index contributed by atoms with van der Waals surface area (Å²) in [4.78, 5) is 12.3. The molecular weight excluding hydrogens is 394 g/mol. The molecule has 2 N–H and O–H groups in total. The second-order valence-corrected chi connectivity index (χ2v) is 8.98. The molecule has 1 aliphatic carbocycles. The van der Waals surface area contributed by atoms with Gasteiger partial charge in [-0.2, -0.15) is 0 Å². The molecule has 166 valence electrons. The van der Waals surface area contributed by atoms with Gasteiger partial charge in [0.1, 0.15) is 18.2 Å². The summed E-state index contributed by atoms with van der Waals surface area (Å²) < 4.78 is 14.0. The lowest BCUT2D eigenvalue weighted by Gasteiger charge is -2.20. The Bertz CT molecular complexity index is 867. The van der Waals surface area contributed by atoms with E-state index < -0.39 is 0 Å². The highest BCUT2D eigenvalue weighted by atomic mass is 16.6. The van der Waals surface area contributed by atoms with Gasteiger partial charge in [-0.05, 0) is 17.9 Å². The second-order valence-electron chi connectivity index (χ2n) is 8.98. The molecule has 31 heavy (non-hydrogen) atoms. The van der Waals surface area contributed by atoms with Gasteiger partial charge in [0, 0.05) is 12.7 Å². The zero-order chi connectivity index (χ0) is 21.0. The summed E-state index contributed by atoms with van der Waals surface area (Å²) in [6, 6.07) is 9.47. The fourth-order valence-corrected chi connectivity index (χ4v) is 5.08. The van der Waals surface area contributed by atoms with E-state index >= 15 is 0 Å². The van der Waals surface area contributed by atoms with E-state index in [9.17, 15) is 4.79 Å². The highest BCUT2D eigenvalue weighted by Gasteiger charge is 2.49. The number of carbonyl (C=O) groups is 1. The van der Waals surface area contributed by atoms with Crippen LogP contribution in [-0.4, -0.2) is 52.5 Å². The number of aromatic nitrogens is 3. The largest absolute Gasteiger partial charge is 0.371 e. The number of carbonyl (C=O) groups excluding carboxylic acids is 1. The maximum atomic E-state index is 12.3. The molecule has 2 saturated heterocycles. The monoisotopic (exact) mass is 425 g/mol. The molecule has 0 radical (unpaired) electrons. The van der Waals surface area contributed by atoms with Crippen molar-refractivity contribution in [3.05, 3.63) is 47.8 Å². The summed E-state index contributed by atoms with van der Waals surface area (Å²) in [6.45, 7) is 1.44. The number of amides is 2. The third-order valence-electron chi connectivity index (χ3n) is 6.76. The average molecular weight is 426 g/mol. The lowest BCUT2D eigenvalue weighted by atomic mass is 9.86. The van der Waals surface area contributed by atoms with E-state index in [1.165, 1.54) is 32.1 Å². The topological polar surface area (TPSA) is 90.3 Å². The Morgan fingerprint density at radius 2 is 1.87 bits per heavy atom. The Labute approximate surface area is 182 Å². The molecule has 3 heterocycles. The van der Waals surface area contributed by atoms with Crippen molar-refractivity contribution in [2.24, 2.45) is 5.92 Å². The molecule has 8 nitrogen and oxygen atoms in total. The van der Waals surface area contributed by atoms with Gasteiger partial charge in [0.2, 0.25) is 0 Å². The van der Waals surface area contributed by atoms with Gasteiger partial charge in [-0.25, -0.2) is 9.48 Å². The van der Waals surface area contributed by atoms with Gasteiger partial charge in [-0.15, -0.1) is 5.10 Å². The van der Waals surface area contributed by atoms with Crippen LogP contribution in [0, 0.1) is 5.92 Å². The first-order valence-corrected chi connectivity index (χ1v) is 11.5. The van der Waals surface area contributed by atoms with Crippen LogP contribution in [0.5, 0.6) is 0 Å². The van der Waals surface area contributed by atoms with Crippen LogP contribution in [0.3, 0.4) is 0 Å². The van der Waals surface area contributed by atoms with Crippen molar-refractivity contribution in [1.82, 2.24) is 25.6 Å². The van der Waals surface area contributed by atoms with Crippen molar-refractivity contribution >= 4 is 6.03 Å². The lowest BCUT2D eigenvalue weighted by molar-refractivity contribution is 0.0622.